The fourth-order valence-corrected chi connectivity index (χ4v) is 1.53. The van der Waals surface area contributed by atoms with E-state index in [1.807, 2.05) is 0 Å². The summed E-state index contributed by atoms with van der Waals surface area (Å²) in [6, 6.07) is 0. The minimum Gasteiger partial charge on any atom is -0.411 e. The van der Waals surface area contributed by atoms with Gasteiger partial charge in [-0.1, -0.05) is 49.3 Å². The average molecular weight is 312 g/mol. The Bertz CT molecular complexity index is 104. The van der Waals surface area contributed by atoms with Gasteiger partial charge in [-0.2, -0.15) is 0 Å². The van der Waals surface area contributed by atoms with Crippen molar-refractivity contribution < 1.29 is 9.31 Å². The summed E-state index contributed by atoms with van der Waals surface area (Å²) in [6.45, 7) is 6.02. The highest BCUT2D eigenvalue weighted by Gasteiger charge is 2.16. The highest BCUT2D eigenvalue weighted by Crippen LogP contribution is 2.04. The van der Waals surface area contributed by atoms with Crippen molar-refractivity contribution in [1.82, 2.24) is 0 Å². The second-order valence-corrected chi connectivity index (χ2v) is 4.43. The summed E-state index contributed by atoms with van der Waals surface area (Å²) in [6.07, 6.45) is 5.65. The van der Waals surface area contributed by atoms with Gasteiger partial charge < -0.3 is 9.31 Å². The van der Waals surface area contributed by atoms with Crippen LogP contribution in [-0.2, 0) is 9.31 Å². The van der Waals surface area contributed by atoms with Gasteiger partial charge in [-0.15, -0.1) is 0 Å². The Morgan fingerprint density at radius 2 is 1.50 bits per heavy atom. The molecule has 0 bridgehead atoms. The van der Waals surface area contributed by atoms with Crippen molar-refractivity contribution in [3.8, 4) is 0 Å². The molecule has 0 aromatic carbocycles. The lowest BCUT2D eigenvalue weighted by Gasteiger charge is -2.13. The molecule has 2 nitrogen and oxygen atoms in total. The minimum absolute atomic E-state index is 0.0324. The van der Waals surface area contributed by atoms with Gasteiger partial charge in [-0.3, -0.25) is 0 Å². The van der Waals surface area contributed by atoms with E-state index in [9.17, 15) is 0 Å². The summed E-state index contributed by atoms with van der Waals surface area (Å²) in [5.41, 5.74) is 0. The first-order valence-electron chi connectivity index (χ1n) is 5.64. The molecule has 0 aromatic heterocycles. The molecule has 0 aliphatic heterocycles. The van der Waals surface area contributed by atoms with Crippen LogP contribution in [-0.4, -0.2) is 24.8 Å². The maximum Gasteiger partial charge on any atom is 0.457 e. The predicted molar refractivity (Wildman–Crippen MR) is 71.2 cm³/mol. The molecule has 0 amide bonds. The molecule has 0 saturated heterocycles. The van der Waals surface area contributed by atoms with E-state index >= 15 is 0 Å². The standard InChI is InChI=1S/C10H22BIO2/c1-3-5-9-13-11(7-8-12)14-10-6-4-2/h3-10H2,1-2H3. The van der Waals surface area contributed by atoms with Crippen LogP contribution in [0.3, 0.4) is 0 Å². The lowest BCUT2D eigenvalue weighted by molar-refractivity contribution is 0.193. The molecule has 0 atom stereocenters. The Labute approximate surface area is 102 Å². The van der Waals surface area contributed by atoms with E-state index in [0.29, 0.717) is 0 Å². The van der Waals surface area contributed by atoms with Crippen LogP contribution < -0.4 is 0 Å². The Balaban J connectivity index is 3.44. The lowest BCUT2D eigenvalue weighted by Crippen LogP contribution is -2.24. The number of halogens is 1. The van der Waals surface area contributed by atoms with Crippen molar-refractivity contribution in [2.45, 2.75) is 45.9 Å². The molecule has 0 rings (SSSR count). The van der Waals surface area contributed by atoms with Crippen LogP contribution in [0.1, 0.15) is 39.5 Å². The molecule has 0 spiro atoms. The van der Waals surface area contributed by atoms with Crippen LogP contribution in [0.4, 0.5) is 0 Å². The smallest absolute Gasteiger partial charge is 0.411 e. The summed E-state index contributed by atoms with van der Waals surface area (Å²) in [5.74, 6) is 0. The van der Waals surface area contributed by atoms with E-state index in [1.165, 1.54) is 12.8 Å². The number of hydrogen-bond donors (Lipinski definition) is 0. The second kappa shape index (κ2) is 11.8. The molecule has 0 aromatic rings. The average Bonchev–Trinajstić information content (AvgIpc) is 2.18. The first kappa shape index (κ1) is 14.7. The third-order valence-corrected chi connectivity index (χ3v) is 2.57. The summed E-state index contributed by atoms with van der Waals surface area (Å²) in [5, 5.41) is 0. The van der Waals surface area contributed by atoms with Crippen molar-refractivity contribution in [3.05, 3.63) is 0 Å². The van der Waals surface area contributed by atoms with E-state index < -0.39 is 0 Å². The van der Waals surface area contributed by atoms with Crippen molar-refractivity contribution in [3.63, 3.8) is 0 Å². The number of alkyl halides is 1. The molecule has 0 heterocycles. The molecule has 4 heteroatoms. The zero-order chi connectivity index (χ0) is 10.6. The zero-order valence-electron chi connectivity index (χ0n) is 9.43. The minimum atomic E-state index is 0.0324. The quantitative estimate of drug-likeness (QED) is 0.266. The molecule has 14 heavy (non-hydrogen) atoms. The van der Waals surface area contributed by atoms with Crippen LogP contribution in [0.15, 0.2) is 0 Å². The lowest BCUT2D eigenvalue weighted by atomic mass is 9.86. The molecular weight excluding hydrogens is 290 g/mol. The SMILES string of the molecule is CCCCOB(CCI)OCCCC. The number of unbranched alkanes of at least 4 members (excludes halogenated alkanes) is 2. The molecular formula is C10H22BIO2. The van der Waals surface area contributed by atoms with Crippen LogP contribution in [0, 0.1) is 0 Å². The molecule has 0 radical (unpaired) electrons. The van der Waals surface area contributed by atoms with Gasteiger partial charge in [-0.05, 0) is 23.6 Å². The Morgan fingerprint density at radius 1 is 1.00 bits per heavy atom. The normalized spacial score (nSPS) is 10.5. The Kier molecular flexibility index (Phi) is 12.4. The maximum atomic E-state index is 5.64. The first-order chi connectivity index (χ1) is 6.85. The summed E-state index contributed by atoms with van der Waals surface area (Å²) >= 11 is 2.36. The van der Waals surface area contributed by atoms with Crippen molar-refractivity contribution in [1.29, 1.82) is 0 Å². The van der Waals surface area contributed by atoms with Gasteiger partial charge in [0.1, 0.15) is 0 Å². The maximum absolute atomic E-state index is 5.64. The van der Waals surface area contributed by atoms with Crippen LogP contribution >= 0.6 is 22.6 Å². The molecule has 0 aliphatic rings. The predicted octanol–water partition coefficient (Wildman–Crippen LogP) is 3.54. The Morgan fingerprint density at radius 3 is 1.86 bits per heavy atom. The van der Waals surface area contributed by atoms with Gasteiger partial charge in [0, 0.05) is 13.2 Å². The van der Waals surface area contributed by atoms with Gasteiger partial charge >= 0.3 is 7.12 Å². The van der Waals surface area contributed by atoms with Gasteiger partial charge in [0.2, 0.25) is 0 Å². The molecule has 0 N–H and O–H groups in total. The van der Waals surface area contributed by atoms with Gasteiger partial charge in [-0.25, -0.2) is 0 Å². The fourth-order valence-electron chi connectivity index (χ4n) is 1.02. The highest BCUT2D eigenvalue weighted by molar-refractivity contribution is 14.1. The fraction of sp³-hybridized carbons (Fsp3) is 1.00. The summed E-state index contributed by atoms with van der Waals surface area (Å²) in [4.78, 5) is 0. The first-order valence-corrected chi connectivity index (χ1v) is 7.16. The number of hydrogen-bond acceptors (Lipinski definition) is 2. The van der Waals surface area contributed by atoms with Gasteiger partial charge in [0.05, 0.1) is 0 Å². The van der Waals surface area contributed by atoms with E-state index in [4.69, 9.17) is 9.31 Å². The van der Waals surface area contributed by atoms with Crippen LogP contribution in [0.5, 0.6) is 0 Å². The molecule has 0 aliphatic carbocycles. The Hall–Kier alpha value is 0.715. The van der Waals surface area contributed by atoms with Crippen LogP contribution in [0.25, 0.3) is 0 Å². The molecule has 84 valence electrons. The topological polar surface area (TPSA) is 18.5 Å². The van der Waals surface area contributed by atoms with Crippen LogP contribution in [0.2, 0.25) is 6.32 Å². The van der Waals surface area contributed by atoms with E-state index in [2.05, 4.69) is 36.4 Å². The molecule has 0 fully saturated rings. The molecule has 0 unspecified atom stereocenters. The van der Waals surface area contributed by atoms with Crippen molar-refractivity contribution in [2.24, 2.45) is 0 Å². The van der Waals surface area contributed by atoms with E-state index in [1.54, 1.807) is 0 Å². The van der Waals surface area contributed by atoms with E-state index in [-0.39, 0.29) is 7.12 Å². The summed E-state index contributed by atoms with van der Waals surface area (Å²) < 4.78 is 12.4. The molecule has 0 saturated carbocycles. The highest BCUT2D eigenvalue weighted by atomic mass is 127. The van der Waals surface area contributed by atoms with Crippen molar-refractivity contribution in [2.75, 3.05) is 17.6 Å². The van der Waals surface area contributed by atoms with Gasteiger partial charge in [0.15, 0.2) is 0 Å². The monoisotopic (exact) mass is 312 g/mol. The van der Waals surface area contributed by atoms with Crippen molar-refractivity contribution >= 4 is 29.7 Å². The third-order valence-electron chi connectivity index (χ3n) is 1.95. The second-order valence-electron chi connectivity index (χ2n) is 3.36. The largest absolute Gasteiger partial charge is 0.457 e. The van der Waals surface area contributed by atoms with E-state index in [0.717, 1.165) is 36.8 Å². The third kappa shape index (κ3) is 9.28. The summed E-state index contributed by atoms with van der Waals surface area (Å²) in [7, 11) is 0.0324. The zero-order valence-corrected chi connectivity index (χ0v) is 11.6. The van der Waals surface area contributed by atoms with Gasteiger partial charge in [0.25, 0.3) is 0 Å². The number of rotatable bonds is 10.